The monoisotopic (exact) mass is 330 g/mol. The van der Waals surface area contributed by atoms with Gasteiger partial charge in [-0.05, 0) is 34.4 Å². The second-order valence-electron chi connectivity index (χ2n) is 7.76. The molecule has 24 heavy (non-hydrogen) atoms. The minimum Gasteiger partial charge on any atom is -0.353 e. The van der Waals surface area contributed by atoms with E-state index in [9.17, 15) is 9.59 Å². The van der Waals surface area contributed by atoms with Crippen molar-refractivity contribution in [1.29, 1.82) is 0 Å². The van der Waals surface area contributed by atoms with Crippen LogP contribution in [-0.2, 0) is 9.53 Å². The van der Waals surface area contributed by atoms with Gasteiger partial charge < -0.3 is 4.74 Å². The summed E-state index contributed by atoms with van der Waals surface area (Å²) in [4.78, 5) is 25.6. The average molecular weight is 330 g/mol. The van der Waals surface area contributed by atoms with Gasteiger partial charge in [0.1, 0.15) is 0 Å². The summed E-state index contributed by atoms with van der Waals surface area (Å²) in [5.41, 5.74) is 2.80. The molecule has 132 valence electrons. The van der Waals surface area contributed by atoms with E-state index in [1.165, 1.54) is 5.56 Å². The summed E-state index contributed by atoms with van der Waals surface area (Å²) in [6, 6.07) is 4.28. The van der Waals surface area contributed by atoms with E-state index in [0.29, 0.717) is 17.9 Å². The molecule has 1 atom stereocenters. The fourth-order valence-corrected chi connectivity index (χ4v) is 3.20. The second-order valence-corrected chi connectivity index (χ2v) is 7.76. The highest BCUT2D eigenvalue weighted by Crippen LogP contribution is 2.39. The van der Waals surface area contributed by atoms with Crippen molar-refractivity contribution in [1.82, 2.24) is 0 Å². The SMILES string of the molecule is CCC(=O)C1(C(=O)c2c(C(C)C)cc(C(C)C)cc2C(C)C)CO1. The molecule has 1 aromatic rings. The van der Waals surface area contributed by atoms with Crippen LogP contribution in [0.25, 0.3) is 0 Å². The zero-order valence-electron chi connectivity index (χ0n) is 16.0. The van der Waals surface area contributed by atoms with Crippen molar-refractivity contribution in [3.05, 3.63) is 34.4 Å². The van der Waals surface area contributed by atoms with E-state index >= 15 is 0 Å². The molecule has 2 rings (SSSR count). The topological polar surface area (TPSA) is 46.7 Å². The minimum absolute atomic E-state index is 0.107. The summed E-state index contributed by atoms with van der Waals surface area (Å²) < 4.78 is 5.41. The highest BCUT2D eigenvalue weighted by Gasteiger charge is 2.58. The molecule has 0 bridgehead atoms. The molecule has 3 nitrogen and oxygen atoms in total. The van der Waals surface area contributed by atoms with Crippen LogP contribution in [0.2, 0.25) is 0 Å². The van der Waals surface area contributed by atoms with Crippen molar-refractivity contribution < 1.29 is 14.3 Å². The quantitative estimate of drug-likeness (QED) is 0.402. The first kappa shape index (κ1) is 18.9. The first-order valence-corrected chi connectivity index (χ1v) is 9.05. The van der Waals surface area contributed by atoms with Gasteiger partial charge in [0.15, 0.2) is 5.78 Å². The van der Waals surface area contributed by atoms with Gasteiger partial charge in [0.25, 0.3) is 0 Å². The highest BCUT2D eigenvalue weighted by molar-refractivity contribution is 6.20. The third-order valence-electron chi connectivity index (χ3n) is 4.93. The van der Waals surface area contributed by atoms with Gasteiger partial charge in [-0.3, -0.25) is 9.59 Å². The van der Waals surface area contributed by atoms with Crippen LogP contribution in [0, 0.1) is 0 Å². The average Bonchev–Trinajstić information content (AvgIpc) is 3.33. The van der Waals surface area contributed by atoms with Gasteiger partial charge in [-0.2, -0.15) is 0 Å². The van der Waals surface area contributed by atoms with E-state index < -0.39 is 5.60 Å². The van der Waals surface area contributed by atoms with Crippen LogP contribution < -0.4 is 0 Å². The van der Waals surface area contributed by atoms with Crippen LogP contribution in [0.3, 0.4) is 0 Å². The number of hydrogen-bond acceptors (Lipinski definition) is 3. The predicted molar refractivity (Wildman–Crippen MR) is 97.0 cm³/mol. The van der Waals surface area contributed by atoms with Gasteiger partial charge in [0, 0.05) is 12.0 Å². The maximum Gasteiger partial charge on any atom is 0.212 e. The maximum atomic E-state index is 13.3. The Bertz CT molecular complexity index is 620. The molecule has 3 heteroatoms. The normalized spacial score (nSPS) is 20.1. The number of carbonyl (C=O) groups is 2. The summed E-state index contributed by atoms with van der Waals surface area (Å²) in [7, 11) is 0. The van der Waals surface area contributed by atoms with Crippen LogP contribution in [0.4, 0.5) is 0 Å². The minimum atomic E-state index is -1.22. The predicted octanol–water partition coefficient (Wildman–Crippen LogP) is 4.99. The van der Waals surface area contributed by atoms with Crippen LogP contribution in [0.15, 0.2) is 12.1 Å². The number of rotatable bonds is 7. The highest BCUT2D eigenvalue weighted by atomic mass is 16.6. The number of epoxide rings is 1. The largest absolute Gasteiger partial charge is 0.353 e. The van der Waals surface area contributed by atoms with E-state index in [4.69, 9.17) is 4.74 Å². The van der Waals surface area contributed by atoms with Crippen molar-refractivity contribution in [3.63, 3.8) is 0 Å². The maximum absolute atomic E-state index is 13.3. The van der Waals surface area contributed by atoms with Gasteiger partial charge in [0.05, 0.1) is 6.61 Å². The Morgan fingerprint density at radius 2 is 1.46 bits per heavy atom. The third kappa shape index (κ3) is 3.19. The Labute approximate surface area is 145 Å². The van der Waals surface area contributed by atoms with Gasteiger partial charge >= 0.3 is 0 Å². The molecule has 0 aromatic heterocycles. The van der Waals surface area contributed by atoms with E-state index in [2.05, 4.69) is 53.7 Å². The zero-order chi connectivity index (χ0) is 18.2. The van der Waals surface area contributed by atoms with Crippen LogP contribution >= 0.6 is 0 Å². The number of benzene rings is 1. The van der Waals surface area contributed by atoms with E-state index in [1.807, 2.05) is 0 Å². The standard InChI is InChI=1S/C21H30O3/c1-8-18(22)21(11-24-21)20(23)19-16(13(4)5)9-15(12(2)3)10-17(19)14(6)7/h9-10,12-14H,8,11H2,1-7H3. The third-order valence-corrected chi connectivity index (χ3v) is 4.93. The molecule has 1 fully saturated rings. The molecule has 0 spiro atoms. The molecule has 0 N–H and O–H groups in total. The molecular formula is C21H30O3. The molecule has 1 aromatic carbocycles. The van der Waals surface area contributed by atoms with Crippen molar-refractivity contribution in [2.45, 2.75) is 78.2 Å². The van der Waals surface area contributed by atoms with Gasteiger partial charge in [-0.1, -0.05) is 60.6 Å². The summed E-state index contributed by atoms with van der Waals surface area (Å²) in [6.07, 6.45) is 0.323. The number of ketones is 2. The summed E-state index contributed by atoms with van der Waals surface area (Å²) in [5, 5.41) is 0. The smallest absolute Gasteiger partial charge is 0.212 e. The first-order valence-electron chi connectivity index (χ1n) is 9.05. The Balaban J connectivity index is 2.67. The van der Waals surface area contributed by atoms with Crippen molar-refractivity contribution in [2.75, 3.05) is 6.61 Å². The Kier molecular flexibility index (Phi) is 5.34. The molecule has 0 saturated carbocycles. The van der Waals surface area contributed by atoms with Gasteiger partial charge in [0.2, 0.25) is 11.4 Å². The Hall–Kier alpha value is -1.48. The second kappa shape index (κ2) is 6.79. The first-order chi connectivity index (χ1) is 11.2. The molecule has 1 saturated heterocycles. The number of ether oxygens (including phenoxy) is 1. The molecule has 0 radical (unpaired) electrons. The molecular weight excluding hydrogens is 300 g/mol. The Morgan fingerprint density at radius 3 is 1.75 bits per heavy atom. The van der Waals surface area contributed by atoms with Crippen molar-refractivity contribution >= 4 is 11.6 Å². The molecule has 0 amide bonds. The van der Waals surface area contributed by atoms with Crippen LogP contribution in [0.5, 0.6) is 0 Å². The van der Waals surface area contributed by atoms with Crippen LogP contribution in [0.1, 0.15) is 99.7 Å². The molecule has 1 aliphatic rings. The lowest BCUT2D eigenvalue weighted by atomic mass is 9.79. The lowest BCUT2D eigenvalue weighted by Crippen LogP contribution is -2.35. The molecule has 1 unspecified atom stereocenters. The molecule has 1 heterocycles. The zero-order valence-corrected chi connectivity index (χ0v) is 16.0. The number of hydrogen-bond donors (Lipinski definition) is 0. The lowest BCUT2D eigenvalue weighted by Gasteiger charge is -2.23. The fourth-order valence-electron chi connectivity index (χ4n) is 3.20. The van der Waals surface area contributed by atoms with Gasteiger partial charge in [-0.15, -0.1) is 0 Å². The van der Waals surface area contributed by atoms with Gasteiger partial charge in [-0.25, -0.2) is 0 Å². The van der Waals surface area contributed by atoms with E-state index in [-0.39, 0.29) is 30.0 Å². The lowest BCUT2D eigenvalue weighted by molar-refractivity contribution is -0.122. The summed E-state index contributed by atoms with van der Waals surface area (Å²) in [6.45, 7) is 14.7. The molecule has 1 aliphatic heterocycles. The number of Topliss-reactive ketones (excluding diaryl/α,β-unsaturated/α-hetero) is 2. The number of carbonyl (C=O) groups excluding carboxylic acids is 2. The fraction of sp³-hybridized carbons (Fsp3) is 0.619. The van der Waals surface area contributed by atoms with E-state index in [0.717, 1.165) is 11.1 Å². The van der Waals surface area contributed by atoms with Crippen molar-refractivity contribution in [2.24, 2.45) is 0 Å². The Morgan fingerprint density at radius 1 is 1.00 bits per heavy atom. The summed E-state index contributed by atoms with van der Waals surface area (Å²) in [5.74, 6) is 0.579. The molecule has 0 aliphatic carbocycles. The van der Waals surface area contributed by atoms with Crippen molar-refractivity contribution in [3.8, 4) is 0 Å². The van der Waals surface area contributed by atoms with E-state index in [1.54, 1.807) is 6.92 Å². The van der Waals surface area contributed by atoms with Crippen LogP contribution in [-0.4, -0.2) is 23.8 Å². The summed E-state index contributed by atoms with van der Waals surface area (Å²) >= 11 is 0.